The van der Waals surface area contributed by atoms with Crippen LogP contribution in [0.5, 0.6) is 0 Å². The summed E-state index contributed by atoms with van der Waals surface area (Å²) in [4.78, 5) is 4.95. The van der Waals surface area contributed by atoms with Crippen LogP contribution in [0.15, 0.2) is 53.1 Å². The van der Waals surface area contributed by atoms with Crippen molar-refractivity contribution in [2.24, 2.45) is 0 Å². The molecule has 3 heteroatoms. The molecule has 20 heavy (non-hydrogen) atoms. The lowest BCUT2D eigenvalue weighted by molar-refractivity contribution is 0.342. The topological polar surface area (TPSA) is 19.6 Å². The summed E-state index contributed by atoms with van der Waals surface area (Å²) in [6.45, 7) is 5.53. The van der Waals surface area contributed by atoms with Crippen LogP contribution in [0.25, 0.3) is 0 Å². The van der Waals surface area contributed by atoms with Crippen LogP contribution >= 0.6 is 0 Å². The van der Waals surface area contributed by atoms with Crippen molar-refractivity contribution in [1.29, 1.82) is 0 Å². The van der Waals surface area contributed by atoms with Gasteiger partial charge >= 0.3 is 0 Å². The number of hydrogen-bond acceptors (Lipinski definition) is 3. The second kappa shape index (κ2) is 6.62. The molecule has 1 saturated heterocycles. The average molecular weight is 270 g/mol. The SMILES string of the molecule is c1ccc(N(CCN2CCCC2)Cc2ccco2)cc1. The molecule has 3 nitrogen and oxygen atoms in total. The molecule has 0 atom stereocenters. The molecule has 1 aliphatic heterocycles. The van der Waals surface area contributed by atoms with Gasteiger partial charge in [0.15, 0.2) is 0 Å². The Kier molecular flexibility index (Phi) is 4.38. The molecule has 0 amide bonds. The zero-order valence-corrected chi connectivity index (χ0v) is 11.9. The zero-order chi connectivity index (χ0) is 13.6. The number of para-hydroxylation sites is 1. The van der Waals surface area contributed by atoms with E-state index in [0.29, 0.717) is 0 Å². The van der Waals surface area contributed by atoms with Crippen molar-refractivity contribution in [3.05, 3.63) is 54.5 Å². The Morgan fingerprint density at radius 2 is 1.80 bits per heavy atom. The molecule has 0 saturated carbocycles. The van der Waals surface area contributed by atoms with Gasteiger partial charge in [-0.1, -0.05) is 18.2 Å². The molecule has 3 rings (SSSR count). The van der Waals surface area contributed by atoms with Gasteiger partial charge in [0.25, 0.3) is 0 Å². The highest BCUT2D eigenvalue weighted by Crippen LogP contribution is 2.17. The summed E-state index contributed by atoms with van der Waals surface area (Å²) in [5.41, 5.74) is 1.27. The molecule has 2 aromatic rings. The van der Waals surface area contributed by atoms with Crippen molar-refractivity contribution in [1.82, 2.24) is 4.90 Å². The van der Waals surface area contributed by atoms with E-state index in [4.69, 9.17) is 4.42 Å². The number of hydrogen-bond donors (Lipinski definition) is 0. The second-order valence-corrected chi connectivity index (χ2v) is 5.39. The summed E-state index contributed by atoms with van der Waals surface area (Å²) in [7, 11) is 0. The quantitative estimate of drug-likeness (QED) is 0.802. The monoisotopic (exact) mass is 270 g/mol. The highest BCUT2D eigenvalue weighted by Gasteiger charge is 2.14. The van der Waals surface area contributed by atoms with Gasteiger partial charge in [-0.3, -0.25) is 0 Å². The molecule has 0 radical (unpaired) electrons. The van der Waals surface area contributed by atoms with Crippen molar-refractivity contribution in [3.8, 4) is 0 Å². The Balaban J connectivity index is 1.66. The van der Waals surface area contributed by atoms with Gasteiger partial charge in [0.1, 0.15) is 5.76 Å². The highest BCUT2D eigenvalue weighted by molar-refractivity contribution is 5.46. The van der Waals surface area contributed by atoms with Gasteiger partial charge in [0, 0.05) is 18.8 Å². The van der Waals surface area contributed by atoms with Gasteiger partial charge in [-0.05, 0) is 50.2 Å². The van der Waals surface area contributed by atoms with Crippen LogP contribution < -0.4 is 4.90 Å². The molecule has 0 bridgehead atoms. The maximum Gasteiger partial charge on any atom is 0.123 e. The van der Waals surface area contributed by atoms with E-state index in [9.17, 15) is 0 Å². The maximum absolute atomic E-state index is 5.50. The van der Waals surface area contributed by atoms with Crippen molar-refractivity contribution in [2.45, 2.75) is 19.4 Å². The Hall–Kier alpha value is -1.74. The molecule has 0 N–H and O–H groups in total. The molecule has 106 valence electrons. The lowest BCUT2D eigenvalue weighted by atomic mass is 10.2. The van der Waals surface area contributed by atoms with E-state index >= 15 is 0 Å². The summed E-state index contributed by atoms with van der Waals surface area (Å²) < 4.78 is 5.50. The molecule has 0 spiro atoms. The van der Waals surface area contributed by atoms with Crippen LogP contribution in [0, 0.1) is 0 Å². The maximum atomic E-state index is 5.50. The number of likely N-dealkylation sites (tertiary alicyclic amines) is 1. The predicted octanol–water partition coefficient (Wildman–Crippen LogP) is 3.38. The number of furan rings is 1. The van der Waals surface area contributed by atoms with Crippen LogP contribution in [-0.4, -0.2) is 31.1 Å². The van der Waals surface area contributed by atoms with Gasteiger partial charge in [-0.25, -0.2) is 0 Å². The van der Waals surface area contributed by atoms with Crippen LogP contribution in [-0.2, 0) is 6.54 Å². The summed E-state index contributed by atoms with van der Waals surface area (Å²) in [6, 6.07) is 14.6. The molecule has 1 aliphatic rings. The minimum absolute atomic E-state index is 0.838. The van der Waals surface area contributed by atoms with E-state index < -0.39 is 0 Å². The number of anilines is 1. The lowest BCUT2D eigenvalue weighted by Crippen LogP contribution is -2.33. The van der Waals surface area contributed by atoms with Crippen molar-refractivity contribution >= 4 is 5.69 Å². The first-order chi connectivity index (χ1) is 9.92. The first kappa shape index (κ1) is 13.3. The van der Waals surface area contributed by atoms with Gasteiger partial charge in [-0.15, -0.1) is 0 Å². The minimum Gasteiger partial charge on any atom is -0.467 e. The van der Waals surface area contributed by atoms with Crippen LogP contribution in [0.3, 0.4) is 0 Å². The number of benzene rings is 1. The first-order valence-electron chi connectivity index (χ1n) is 7.46. The molecular formula is C17H22N2O. The van der Waals surface area contributed by atoms with Crippen molar-refractivity contribution < 1.29 is 4.42 Å². The summed E-state index contributed by atoms with van der Waals surface area (Å²) in [5.74, 6) is 1.02. The number of nitrogens with zero attached hydrogens (tertiary/aromatic N) is 2. The fourth-order valence-corrected chi connectivity index (χ4v) is 2.80. The Morgan fingerprint density at radius 3 is 2.50 bits per heavy atom. The van der Waals surface area contributed by atoms with E-state index in [1.54, 1.807) is 6.26 Å². The first-order valence-corrected chi connectivity index (χ1v) is 7.46. The van der Waals surface area contributed by atoms with Crippen LogP contribution in [0.4, 0.5) is 5.69 Å². The molecule has 2 heterocycles. The Bertz CT molecular complexity index is 489. The summed E-state index contributed by atoms with van der Waals surface area (Å²) >= 11 is 0. The van der Waals surface area contributed by atoms with Gasteiger partial charge in [0.05, 0.1) is 12.8 Å². The van der Waals surface area contributed by atoms with Gasteiger partial charge < -0.3 is 14.2 Å². The molecular weight excluding hydrogens is 248 g/mol. The van der Waals surface area contributed by atoms with Gasteiger partial charge in [0.2, 0.25) is 0 Å². The molecule has 0 aliphatic carbocycles. The molecule has 1 aromatic carbocycles. The molecule has 1 aromatic heterocycles. The van der Waals surface area contributed by atoms with E-state index in [1.165, 1.54) is 31.6 Å². The number of rotatable bonds is 6. The normalized spacial score (nSPS) is 15.6. The standard InChI is InChI=1S/C17H22N2O/c1-2-7-16(8-3-1)19(15-17-9-6-14-20-17)13-12-18-10-4-5-11-18/h1-3,6-9,14H,4-5,10-13,15H2. The Morgan fingerprint density at radius 1 is 1.00 bits per heavy atom. The third kappa shape index (κ3) is 3.42. The van der Waals surface area contributed by atoms with Gasteiger partial charge in [-0.2, -0.15) is 0 Å². The second-order valence-electron chi connectivity index (χ2n) is 5.39. The highest BCUT2D eigenvalue weighted by atomic mass is 16.3. The average Bonchev–Trinajstić information content (AvgIpc) is 3.18. The summed E-state index contributed by atoms with van der Waals surface area (Å²) in [5, 5.41) is 0. The van der Waals surface area contributed by atoms with Crippen LogP contribution in [0.2, 0.25) is 0 Å². The Labute approximate surface area is 120 Å². The van der Waals surface area contributed by atoms with Crippen molar-refractivity contribution in [3.63, 3.8) is 0 Å². The summed E-state index contributed by atoms with van der Waals surface area (Å²) in [6.07, 6.45) is 4.45. The largest absolute Gasteiger partial charge is 0.467 e. The van der Waals surface area contributed by atoms with E-state index in [1.807, 2.05) is 12.1 Å². The fourth-order valence-electron chi connectivity index (χ4n) is 2.80. The van der Waals surface area contributed by atoms with Crippen LogP contribution in [0.1, 0.15) is 18.6 Å². The van der Waals surface area contributed by atoms with E-state index in [-0.39, 0.29) is 0 Å². The molecule has 1 fully saturated rings. The fraction of sp³-hybridized carbons (Fsp3) is 0.412. The third-order valence-electron chi connectivity index (χ3n) is 3.93. The van der Waals surface area contributed by atoms with Crippen molar-refractivity contribution in [2.75, 3.05) is 31.1 Å². The van der Waals surface area contributed by atoms with E-state index in [2.05, 4.69) is 40.1 Å². The third-order valence-corrected chi connectivity index (χ3v) is 3.93. The lowest BCUT2D eigenvalue weighted by Gasteiger charge is -2.26. The molecule has 0 unspecified atom stereocenters. The predicted molar refractivity (Wildman–Crippen MR) is 81.9 cm³/mol. The smallest absolute Gasteiger partial charge is 0.123 e. The zero-order valence-electron chi connectivity index (χ0n) is 11.9. The minimum atomic E-state index is 0.838. The van der Waals surface area contributed by atoms with E-state index in [0.717, 1.165) is 25.4 Å².